The second-order valence-electron chi connectivity index (χ2n) is 4.23. The molecule has 19 heavy (non-hydrogen) atoms. The molecule has 0 atom stereocenters. The molecule has 1 amide bonds. The lowest BCUT2D eigenvalue weighted by atomic mass is 10.2. The molecule has 2 rings (SSSR count). The first-order chi connectivity index (χ1) is 9.04. The first-order valence-corrected chi connectivity index (χ1v) is 6.61. The molecule has 2 aromatic rings. The summed E-state index contributed by atoms with van der Waals surface area (Å²) in [7, 11) is 0. The Morgan fingerprint density at radius 1 is 1.37 bits per heavy atom. The summed E-state index contributed by atoms with van der Waals surface area (Å²) in [6, 6.07) is 10.8. The maximum atomic E-state index is 12.0. The average molecular weight is 320 g/mol. The SMILES string of the molecule is Cc1cccc(CNC(=O)c2cc(N)cc(Br)c2)n1. The van der Waals surface area contributed by atoms with Crippen LogP contribution in [0.25, 0.3) is 0 Å². The molecule has 3 N–H and O–H groups in total. The van der Waals surface area contributed by atoms with Crippen molar-refractivity contribution in [3.05, 3.63) is 57.8 Å². The molecular formula is C14H14BrN3O. The molecule has 98 valence electrons. The zero-order chi connectivity index (χ0) is 13.8. The van der Waals surface area contributed by atoms with E-state index in [-0.39, 0.29) is 5.91 Å². The van der Waals surface area contributed by atoms with Gasteiger partial charge in [-0.3, -0.25) is 9.78 Å². The summed E-state index contributed by atoms with van der Waals surface area (Å²) in [5.74, 6) is -0.170. The molecule has 1 aromatic carbocycles. The van der Waals surface area contributed by atoms with Crippen LogP contribution in [0.4, 0.5) is 5.69 Å². The largest absolute Gasteiger partial charge is 0.399 e. The number of nitrogens with two attached hydrogens (primary N) is 1. The highest BCUT2D eigenvalue weighted by atomic mass is 79.9. The van der Waals surface area contributed by atoms with Crippen molar-refractivity contribution in [2.75, 3.05) is 5.73 Å². The van der Waals surface area contributed by atoms with Gasteiger partial charge in [0.15, 0.2) is 0 Å². The smallest absolute Gasteiger partial charge is 0.251 e. The number of benzene rings is 1. The number of aryl methyl sites for hydroxylation is 1. The number of hydrogen-bond donors (Lipinski definition) is 2. The third kappa shape index (κ3) is 3.79. The van der Waals surface area contributed by atoms with Gasteiger partial charge in [-0.1, -0.05) is 22.0 Å². The molecular weight excluding hydrogens is 306 g/mol. The number of pyridine rings is 1. The van der Waals surface area contributed by atoms with Crippen LogP contribution in [0.2, 0.25) is 0 Å². The van der Waals surface area contributed by atoms with Gasteiger partial charge in [0.05, 0.1) is 12.2 Å². The Morgan fingerprint density at radius 2 is 2.16 bits per heavy atom. The summed E-state index contributed by atoms with van der Waals surface area (Å²) in [6.45, 7) is 2.31. The van der Waals surface area contributed by atoms with E-state index in [1.54, 1.807) is 18.2 Å². The predicted molar refractivity (Wildman–Crippen MR) is 78.7 cm³/mol. The Hall–Kier alpha value is -1.88. The highest BCUT2D eigenvalue weighted by Gasteiger charge is 2.07. The fourth-order valence-corrected chi connectivity index (χ4v) is 2.23. The van der Waals surface area contributed by atoms with Gasteiger partial charge in [0, 0.05) is 21.4 Å². The van der Waals surface area contributed by atoms with Crippen LogP contribution in [-0.2, 0) is 6.54 Å². The van der Waals surface area contributed by atoms with Crippen molar-refractivity contribution >= 4 is 27.5 Å². The number of nitrogens with zero attached hydrogens (tertiary/aromatic N) is 1. The number of halogens is 1. The van der Waals surface area contributed by atoms with Crippen LogP contribution in [0, 0.1) is 6.92 Å². The van der Waals surface area contributed by atoms with Gasteiger partial charge in [-0.15, -0.1) is 0 Å². The molecule has 0 radical (unpaired) electrons. The molecule has 0 saturated heterocycles. The topological polar surface area (TPSA) is 68.0 Å². The van der Waals surface area contributed by atoms with Crippen LogP contribution in [0.15, 0.2) is 40.9 Å². The Bertz CT molecular complexity index is 593. The van der Waals surface area contributed by atoms with Crippen molar-refractivity contribution in [1.29, 1.82) is 0 Å². The third-order valence-electron chi connectivity index (χ3n) is 2.56. The van der Waals surface area contributed by atoms with Crippen molar-refractivity contribution in [2.24, 2.45) is 0 Å². The van der Waals surface area contributed by atoms with Crippen molar-refractivity contribution in [3.8, 4) is 0 Å². The number of amides is 1. The predicted octanol–water partition coefficient (Wildman–Crippen LogP) is 2.66. The second kappa shape index (κ2) is 5.84. The first kappa shape index (κ1) is 13.5. The van der Waals surface area contributed by atoms with E-state index in [1.807, 2.05) is 25.1 Å². The number of anilines is 1. The average Bonchev–Trinajstić information content (AvgIpc) is 2.35. The van der Waals surface area contributed by atoms with Crippen molar-refractivity contribution in [3.63, 3.8) is 0 Å². The van der Waals surface area contributed by atoms with Gasteiger partial charge in [0.2, 0.25) is 0 Å². The third-order valence-corrected chi connectivity index (χ3v) is 3.02. The lowest BCUT2D eigenvalue weighted by Gasteiger charge is -2.06. The van der Waals surface area contributed by atoms with E-state index < -0.39 is 0 Å². The zero-order valence-electron chi connectivity index (χ0n) is 10.5. The quantitative estimate of drug-likeness (QED) is 0.855. The minimum absolute atomic E-state index is 0.170. The van der Waals surface area contributed by atoms with Gasteiger partial charge in [-0.05, 0) is 37.3 Å². The van der Waals surface area contributed by atoms with Gasteiger partial charge in [-0.25, -0.2) is 0 Å². The maximum Gasteiger partial charge on any atom is 0.251 e. The minimum Gasteiger partial charge on any atom is -0.399 e. The lowest BCUT2D eigenvalue weighted by molar-refractivity contribution is 0.0950. The highest BCUT2D eigenvalue weighted by molar-refractivity contribution is 9.10. The van der Waals surface area contributed by atoms with Crippen LogP contribution in [0.5, 0.6) is 0 Å². The standard InChI is InChI=1S/C14H14BrN3O/c1-9-3-2-4-13(18-9)8-17-14(19)10-5-11(15)7-12(16)6-10/h2-7H,8,16H2,1H3,(H,17,19). The monoisotopic (exact) mass is 319 g/mol. The number of hydrogen-bond acceptors (Lipinski definition) is 3. The summed E-state index contributed by atoms with van der Waals surface area (Å²) < 4.78 is 0.784. The van der Waals surface area contributed by atoms with Crippen LogP contribution in [0.3, 0.4) is 0 Å². The molecule has 5 heteroatoms. The number of carbonyl (C=O) groups is 1. The molecule has 0 spiro atoms. The van der Waals surface area contributed by atoms with Crippen LogP contribution in [0.1, 0.15) is 21.7 Å². The Morgan fingerprint density at radius 3 is 2.84 bits per heavy atom. The van der Waals surface area contributed by atoms with E-state index in [1.165, 1.54) is 0 Å². The van der Waals surface area contributed by atoms with Crippen LogP contribution >= 0.6 is 15.9 Å². The molecule has 0 unspecified atom stereocenters. The fraction of sp³-hybridized carbons (Fsp3) is 0.143. The summed E-state index contributed by atoms with van der Waals surface area (Å²) in [4.78, 5) is 16.3. The molecule has 0 saturated carbocycles. The van der Waals surface area contributed by atoms with Crippen LogP contribution in [-0.4, -0.2) is 10.9 Å². The van der Waals surface area contributed by atoms with Crippen LogP contribution < -0.4 is 11.1 Å². The van der Waals surface area contributed by atoms with Gasteiger partial charge >= 0.3 is 0 Å². The second-order valence-corrected chi connectivity index (χ2v) is 5.14. The normalized spacial score (nSPS) is 10.2. The molecule has 1 heterocycles. The summed E-state index contributed by atoms with van der Waals surface area (Å²) in [5, 5.41) is 2.82. The summed E-state index contributed by atoms with van der Waals surface area (Å²) >= 11 is 3.31. The fourth-order valence-electron chi connectivity index (χ4n) is 1.71. The molecule has 0 bridgehead atoms. The number of aromatic nitrogens is 1. The summed E-state index contributed by atoms with van der Waals surface area (Å²) in [5.41, 5.74) is 8.54. The lowest BCUT2D eigenvalue weighted by Crippen LogP contribution is -2.23. The maximum absolute atomic E-state index is 12.0. The van der Waals surface area contributed by atoms with Gasteiger partial charge in [0.1, 0.15) is 0 Å². The zero-order valence-corrected chi connectivity index (χ0v) is 12.1. The van der Waals surface area contributed by atoms with E-state index in [0.717, 1.165) is 15.9 Å². The molecule has 0 aliphatic carbocycles. The van der Waals surface area contributed by atoms with Crippen molar-refractivity contribution in [2.45, 2.75) is 13.5 Å². The number of nitrogens with one attached hydrogen (secondary N) is 1. The van der Waals surface area contributed by atoms with E-state index in [0.29, 0.717) is 17.8 Å². The Kier molecular flexibility index (Phi) is 4.16. The Balaban J connectivity index is 2.05. The van der Waals surface area contributed by atoms with Crippen molar-refractivity contribution in [1.82, 2.24) is 10.3 Å². The molecule has 0 aliphatic rings. The number of rotatable bonds is 3. The molecule has 0 aliphatic heterocycles. The van der Waals surface area contributed by atoms with E-state index in [4.69, 9.17) is 5.73 Å². The van der Waals surface area contributed by atoms with Gasteiger partial charge < -0.3 is 11.1 Å². The first-order valence-electron chi connectivity index (χ1n) is 5.81. The molecule has 4 nitrogen and oxygen atoms in total. The summed E-state index contributed by atoms with van der Waals surface area (Å²) in [6.07, 6.45) is 0. The minimum atomic E-state index is -0.170. The highest BCUT2D eigenvalue weighted by Crippen LogP contribution is 2.17. The molecule has 1 aromatic heterocycles. The van der Waals surface area contributed by atoms with E-state index in [9.17, 15) is 4.79 Å². The molecule has 0 fully saturated rings. The van der Waals surface area contributed by atoms with Gasteiger partial charge in [0.25, 0.3) is 5.91 Å². The number of nitrogen functional groups attached to an aromatic ring is 1. The van der Waals surface area contributed by atoms with E-state index >= 15 is 0 Å². The number of carbonyl (C=O) groups excluding carboxylic acids is 1. The van der Waals surface area contributed by atoms with Crippen molar-refractivity contribution < 1.29 is 4.79 Å². The Labute approximate surface area is 120 Å². The van der Waals surface area contributed by atoms with E-state index in [2.05, 4.69) is 26.2 Å². The van der Waals surface area contributed by atoms with Gasteiger partial charge in [-0.2, -0.15) is 0 Å².